The van der Waals surface area contributed by atoms with Gasteiger partial charge in [0.2, 0.25) is 10.0 Å². The van der Waals surface area contributed by atoms with E-state index in [1.807, 2.05) is 0 Å². The van der Waals surface area contributed by atoms with Gasteiger partial charge in [0.1, 0.15) is 9.84 Å². The third-order valence-corrected chi connectivity index (χ3v) is 5.74. The van der Waals surface area contributed by atoms with E-state index in [2.05, 4.69) is 0 Å². The van der Waals surface area contributed by atoms with Gasteiger partial charge in [0.25, 0.3) is 0 Å². The smallest absolute Gasteiger partial charge is 0.215 e. The predicted molar refractivity (Wildman–Crippen MR) is 69.8 cm³/mol. The molecule has 3 N–H and O–H groups in total. The summed E-state index contributed by atoms with van der Waals surface area (Å²) >= 11 is 0. The number of amidine groups is 1. The van der Waals surface area contributed by atoms with E-state index in [1.165, 1.54) is 4.31 Å². The van der Waals surface area contributed by atoms with Gasteiger partial charge in [0, 0.05) is 25.3 Å². The Balaban J connectivity index is 2.68. The highest BCUT2D eigenvalue weighted by Gasteiger charge is 2.36. The Morgan fingerprint density at radius 2 is 1.83 bits per heavy atom. The second-order valence-corrected chi connectivity index (χ2v) is 8.86. The molecule has 9 heteroatoms. The summed E-state index contributed by atoms with van der Waals surface area (Å²) in [6.45, 7) is 0.159. The largest absolute Gasteiger partial charge is 0.388 e. The fraction of sp³-hybridized carbons (Fsp3) is 0.889. The van der Waals surface area contributed by atoms with Crippen molar-refractivity contribution in [2.45, 2.75) is 25.3 Å². The van der Waals surface area contributed by atoms with Gasteiger partial charge >= 0.3 is 0 Å². The Hall–Kier alpha value is -0.670. The van der Waals surface area contributed by atoms with Crippen LogP contribution in [-0.4, -0.2) is 57.3 Å². The van der Waals surface area contributed by atoms with E-state index < -0.39 is 25.6 Å². The van der Waals surface area contributed by atoms with Crippen molar-refractivity contribution in [1.29, 1.82) is 5.41 Å². The van der Waals surface area contributed by atoms with Gasteiger partial charge in [-0.2, -0.15) is 4.31 Å². The number of nitrogens with one attached hydrogen (secondary N) is 1. The van der Waals surface area contributed by atoms with E-state index >= 15 is 0 Å². The fourth-order valence-corrected chi connectivity index (χ4v) is 4.84. The van der Waals surface area contributed by atoms with Gasteiger partial charge in [-0.15, -0.1) is 0 Å². The summed E-state index contributed by atoms with van der Waals surface area (Å²) in [5.74, 6) is -0.849. The molecule has 1 aliphatic carbocycles. The molecule has 0 aliphatic heterocycles. The summed E-state index contributed by atoms with van der Waals surface area (Å²) < 4.78 is 47.4. The summed E-state index contributed by atoms with van der Waals surface area (Å²) in [5.41, 5.74) is 5.21. The maximum absolute atomic E-state index is 12.0. The minimum atomic E-state index is -3.59. The van der Waals surface area contributed by atoms with E-state index in [0.29, 0.717) is 0 Å². The van der Waals surface area contributed by atoms with E-state index in [-0.39, 0.29) is 30.6 Å². The molecule has 7 nitrogen and oxygen atoms in total. The third kappa shape index (κ3) is 5.32. The summed E-state index contributed by atoms with van der Waals surface area (Å²) in [7, 11) is -6.89. The van der Waals surface area contributed by atoms with Gasteiger partial charge in [-0.25, -0.2) is 16.8 Å². The first kappa shape index (κ1) is 15.4. The minimum Gasteiger partial charge on any atom is -0.388 e. The normalized spacial score (nSPS) is 17.0. The molecule has 0 aromatic heterocycles. The average Bonchev–Trinajstić information content (AvgIpc) is 2.97. The Kier molecular flexibility index (Phi) is 4.73. The van der Waals surface area contributed by atoms with Crippen molar-refractivity contribution in [1.82, 2.24) is 4.31 Å². The third-order valence-electron chi connectivity index (χ3n) is 2.63. The quantitative estimate of drug-likeness (QED) is 0.446. The highest BCUT2D eigenvalue weighted by molar-refractivity contribution is 7.93. The van der Waals surface area contributed by atoms with Crippen molar-refractivity contribution in [3.63, 3.8) is 0 Å². The van der Waals surface area contributed by atoms with Gasteiger partial charge in [-0.3, -0.25) is 5.41 Å². The second-order valence-electron chi connectivity index (χ2n) is 4.56. The van der Waals surface area contributed by atoms with Gasteiger partial charge in [0.15, 0.2) is 0 Å². The Labute approximate surface area is 108 Å². The molecule has 18 heavy (non-hydrogen) atoms. The van der Waals surface area contributed by atoms with Crippen LogP contribution in [0.5, 0.6) is 0 Å². The highest BCUT2D eigenvalue weighted by atomic mass is 32.2. The zero-order chi connectivity index (χ0) is 14.0. The van der Waals surface area contributed by atoms with E-state index in [4.69, 9.17) is 11.1 Å². The van der Waals surface area contributed by atoms with Crippen LogP contribution in [0.1, 0.15) is 19.3 Å². The van der Waals surface area contributed by atoms with Crippen LogP contribution in [0, 0.1) is 5.41 Å². The van der Waals surface area contributed by atoms with E-state index in [9.17, 15) is 16.8 Å². The van der Waals surface area contributed by atoms with Crippen LogP contribution in [0.3, 0.4) is 0 Å². The summed E-state index contributed by atoms with van der Waals surface area (Å²) in [6, 6.07) is -0.0473. The molecule has 0 saturated heterocycles. The number of nitrogens with zero attached hydrogens (tertiary/aromatic N) is 1. The number of hydrogen-bond acceptors (Lipinski definition) is 5. The van der Waals surface area contributed by atoms with Crippen molar-refractivity contribution in [3.8, 4) is 0 Å². The lowest BCUT2D eigenvalue weighted by molar-refractivity contribution is 0.413. The first-order chi connectivity index (χ1) is 8.12. The summed E-state index contributed by atoms with van der Waals surface area (Å²) in [5, 5.41) is 7.12. The van der Waals surface area contributed by atoms with Crippen molar-refractivity contribution < 1.29 is 16.8 Å². The van der Waals surface area contributed by atoms with Crippen LogP contribution < -0.4 is 5.73 Å². The lowest BCUT2D eigenvalue weighted by atomic mass is 10.4. The molecule has 0 aromatic rings. The lowest BCUT2D eigenvalue weighted by Crippen LogP contribution is -2.38. The van der Waals surface area contributed by atoms with Crippen LogP contribution >= 0.6 is 0 Å². The molecule has 0 spiro atoms. The molecule has 1 fully saturated rings. The zero-order valence-electron chi connectivity index (χ0n) is 10.3. The van der Waals surface area contributed by atoms with Crippen LogP contribution in [0.4, 0.5) is 0 Å². The molecular weight excluding hydrogens is 278 g/mol. The topological polar surface area (TPSA) is 121 Å². The molecule has 1 saturated carbocycles. The Bertz CT molecular complexity index is 508. The molecule has 0 amide bonds. The van der Waals surface area contributed by atoms with Crippen molar-refractivity contribution in [3.05, 3.63) is 0 Å². The molecule has 0 aromatic carbocycles. The minimum absolute atomic E-state index is 0.0473. The van der Waals surface area contributed by atoms with Gasteiger partial charge < -0.3 is 5.73 Å². The summed E-state index contributed by atoms with van der Waals surface area (Å²) in [4.78, 5) is 0. The maximum atomic E-state index is 12.0. The molecule has 0 radical (unpaired) electrons. The predicted octanol–water partition coefficient (Wildman–Crippen LogP) is -0.849. The zero-order valence-corrected chi connectivity index (χ0v) is 11.9. The van der Waals surface area contributed by atoms with Gasteiger partial charge in [-0.1, -0.05) is 0 Å². The second kappa shape index (κ2) is 5.54. The Morgan fingerprint density at radius 3 is 2.22 bits per heavy atom. The number of sulfonamides is 1. The fourth-order valence-electron chi connectivity index (χ4n) is 1.52. The van der Waals surface area contributed by atoms with Gasteiger partial charge in [-0.05, 0) is 12.8 Å². The molecule has 1 rings (SSSR count). The van der Waals surface area contributed by atoms with Crippen LogP contribution in [0.2, 0.25) is 0 Å². The average molecular weight is 297 g/mol. The molecule has 1 aliphatic rings. The lowest BCUT2D eigenvalue weighted by Gasteiger charge is -2.21. The molecule has 0 heterocycles. The van der Waals surface area contributed by atoms with E-state index in [0.717, 1.165) is 19.1 Å². The summed E-state index contributed by atoms with van der Waals surface area (Å²) in [6.07, 6.45) is 2.76. The van der Waals surface area contributed by atoms with Crippen LogP contribution in [0.15, 0.2) is 0 Å². The Morgan fingerprint density at radius 1 is 1.28 bits per heavy atom. The molecule has 0 bridgehead atoms. The molecule has 106 valence electrons. The molecular formula is C9H19N3O4S2. The van der Waals surface area contributed by atoms with Crippen LogP contribution in [0.25, 0.3) is 0 Å². The molecule has 0 unspecified atom stereocenters. The number of rotatable bonds is 8. The first-order valence-electron chi connectivity index (χ1n) is 5.62. The first-order valence-corrected chi connectivity index (χ1v) is 9.29. The molecule has 0 atom stereocenters. The number of nitrogens with two attached hydrogens (primary N) is 1. The van der Waals surface area contributed by atoms with Crippen molar-refractivity contribution in [2.75, 3.05) is 24.3 Å². The van der Waals surface area contributed by atoms with Gasteiger partial charge in [0.05, 0.1) is 17.3 Å². The standard InChI is InChI=1S/C9H19N3O4S2/c1-17(13,14)6-7-18(15,16)12(8-2-3-8)5-4-9(10)11/h8H,2-7H2,1H3,(H3,10,11). The number of sulfone groups is 1. The highest BCUT2D eigenvalue weighted by Crippen LogP contribution is 2.29. The van der Waals surface area contributed by atoms with Crippen molar-refractivity contribution in [2.24, 2.45) is 5.73 Å². The van der Waals surface area contributed by atoms with E-state index in [1.54, 1.807) is 0 Å². The number of hydrogen-bond donors (Lipinski definition) is 2. The van der Waals surface area contributed by atoms with Crippen molar-refractivity contribution >= 4 is 25.7 Å². The monoisotopic (exact) mass is 297 g/mol. The SMILES string of the molecule is CS(=O)(=O)CCS(=O)(=O)N(CCC(=N)N)C1CC1. The van der Waals surface area contributed by atoms with Crippen LogP contribution in [-0.2, 0) is 19.9 Å². The maximum Gasteiger partial charge on any atom is 0.215 e.